The van der Waals surface area contributed by atoms with Gasteiger partial charge in [-0.2, -0.15) is 0 Å². The zero-order valence-electron chi connectivity index (χ0n) is 10.1. The van der Waals surface area contributed by atoms with Gasteiger partial charge in [0, 0.05) is 32.7 Å². The number of hydrogen-bond donors (Lipinski definition) is 1. The predicted octanol–water partition coefficient (Wildman–Crippen LogP) is 4.79. The lowest BCUT2D eigenvalue weighted by Crippen LogP contribution is -2.49. The molecule has 96 valence electrons. The van der Waals surface area contributed by atoms with Crippen molar-refractivity contribution in [1.29, 1.82) is 0 Å². The van der Waals surface area contributed by atoms with Crippen LogP contribution in [-0.2, 0) is 6.54 Å². The molecule has 1 saturated carbocycles. The van der Waals surface area contributed by atoms with Crippen LogP contribution in [0.25, 0.3) is 0 Å². The van der Waals surface area contributed by atoms with Crippen LogP contribution in [0.4, 0.5) is 0 Å². The summed E-state index contributed by atoms with van der Waals surface area (Å²) in [6.07, 6.45) is 5.08. The third-order valence-electron chi connectivity index (χ3n) is 3.61. The fourth-order valence-electron chi connectivity index (χ4n) is 2.71. The van der Waals surface area contributed by atoms with Gasteiger partial charge in [-0.3, -0.25) is 0 Å². The summed E-state index contributed by atoms with van der Waals surface area (Å²) in [5, 5.41) is 5.84. The molecule has 0 saturated heterocycles. The minimum absolute atomic E-state index is 0.162. The summed E-state index contributed by atoms with van der Waals surface area (Å²) >= 11 is 11.5. The molecule has 17 heavy (non-hydrogen) atoms. The van der Waals surface area contributed by atoms with Crippen molar-refractivity contribution in [3.8, 4) is 0 Å². The van der Waals surface area contributed by atoms with E-state index in [1.807, 2.05) is 0 Å². The molecule has 1 aliphatic rings. The van der Waals surface area contributed by atoms with E-state index < -0.39 is 0 Å². The van der Waals surface area contributed by atoms with Gasteiger partial charge in [0.1, 0.15) is 0 Å². The first-order valence-electron chi connectivity index (χ1n) is 6.17. The van der Waals surface area contributed by atoms with Crippen LogP contribution in [0.5, 0.6) is 0 Å². The van der Waals surface area contributed by atoms with Crippen LogP contribution in [0.15, 0.2) is 15.9 Å². The Kier molecular flexibility index (Phi) is 4.93. The van der Waals surface area contributed by atoms with E-state index in [9.17, 15) is 0 Å². The fraction of sp³-hybridized carbons (Fsp3) is 0.692. The van der Waals surface area contributed by atoms with Crippen molar-refractivity contribution in [3.63, 3.8) is 0 Å². The standard InChI is InChI=1S/C13H19BrClNS/c1-10-3-2-4-13(6-10,9-15)16-7-12-5-11(14)8-17-12/h5,8,10,16H,2-4,6-7,9H2,1H3. The highest BCUT2D eigenvalue weighted by atomic mass is 79.9. The van der Waals surface area contributed by atoms with Crippen molar-refractivity contribution in [2.45, 2.75) is 44.7 Å². The zero-order chi connectivity index (χ0) is 12.3. The van der Waals surface area contributed by atoms with Gasteiger partial charge in [0.05, 0.1) is 0 Å². The maximum absolute atomic E-state index is 6.21. The molecule has 0 radical (unpaired) electrons. The molecular weight excluding hydrogens is 318 g/mol. The first-order chi connectivity index (χ1) is 8.13. The number of nitrogens with one attached hydrogen (secondary N) is 1. The Hall–Kier alpha value is 0.430. The molecule has 1 fully saturated rings. The molecule has 1 heterocycles. The van der Waals surface area contributed by atoms with Crippen LogP contribution in [-0.4, -0.2) is 11.4 Å². The molecule has 0 aliphatic heterocycles. The van der Waals surface area contributed by atoms with E-state index in [1.165, 1.54) is 35.0 Å². The monoisotopic (exact) mass is 335 g/mol. The van der Waals surface area contributed by atoms with Crippen molar-refractivity contribution in [2.24, 2.45) is 5.92 Å². The number of hydrogen-bond acceptors (Lipinski definition) is 2. The SMILES string of the molecule is CC1CCCC(CCl)(NCc2cc(Br)cs2)C1. The van der Waals surface area contributed by atoms with Gasteiger partial charge in [-0.15, -0.1) is 22.9 Å². The summed E-state index contributed by atoms with van der Waals surface area (Å²) in [5.74, 6) is 1.52. The van der Waals surface area contributed by atoms with Gasteiger partial charge >= 0.3 is 0 Å². The van der Waals surface area contributed by atoms with E-state index in [2.05, 4.69) is 39.6 Å². The van der Waals surface area contributed by atoms with E-state index in [-0.39, 0.29) is 5.54 Å². The molecule has 1 N–H and O–H groups in total. The number of rotatable bonds is 4. The number of alkyl halides is 1. The minimum atomic E-state index is 0.162. The van der Waals surface area contributed by atoms with E-state index in [1.54, 1.807) is 11.3 Å². The molecule has 1 aromatic rings. The lowest BCUT2D eigenvalue weighted by atomic mass is 9.77. The average molecular weight is 337 g/mol. The lowest BCUT2D eigenvalue weighted by Gasteiger charge is -2.39. The average Bonchev–Trinajstić information content (AvgIpc) is 2.73. The molecule has 0 aromatic carbocycles. The normalized spacial score (nSPS) is 29.5. The predicted molar refractivity (Wildman–Crippen MR) is 79.9 cm³/mol. The Balaban J connectivity index is 1.94. The van der Waals surface area contributed by atoms with E-state index in [0.29, 0.717) is 0 Å². The molecular formula is C13H19BrClNS. The van der Waals surface area contributed by atoms with Gasteiger partial charge in [0.2, 0.25) is 0 Å². The smallest absolute Gasteiger partial charge is 0.0406 e. The van der Waals surface area contributed by atoms with Crippen LogP contribution in [0.1, 0.15) is 37.5 Å². The molecule has 2 unspecified atom stereocenters. The van der Waals surface area contributed by atoms with Crippen molar-refractivity contribution in [1.82, 2.24) is 5.32 Å². The highest BCUT2D eigenvalue weighted by Crippen LogP contribution is 2.33. The first kappa shape index (κ1) is 13.9. The maximum Gasteiger partial charge on any atom is 0.0406 e. The van der Waals surface area contributed by atoms with Gasteiger partial charge in [0.25, 0.3) is 0 Å². The molecule has 0 bridgehead atoms. The highest BCUT2D eigenvalue weighted by molar-refractivity contribution is 9.10. The van der Waals surface area contributed by atoms with Gasteiger partial charge in [0.15, 0.2) is 0 Å². The summed E-state index contributed by atoms with van der Waals surface area (Å²) in [5.41, 5.74) is 0.162. The van der Waals surface area contributed by atoms with Crippen LogP contribution >= 0.6 is 38.9 Å². The second kappa shape index (κ2) is 6.05. The van der Waals surface area contributed by atoms with Crippen molar-refractivity contribution in [3.05, 3.63) is 20.8 Å². The fourth-order valence-corrected chi connectivity index (χ4v) is 4.44. The largest absolute Gasteiger partial charge is 0.305 e. The Labute approximate surface area is 121 Å². The van der Waals surface area contributed by atoms with Crippen molar-refractivity contribution >= 4 is 38.9 Å². The minimum Gasteiger partial charge on any atom is -0.305 e. The Morgan fingerprint density at radius 1 is 1.65 bits per heavy atom. The highest BCUT2D eigenvalue weighted by Gasteiger charge is 2.33. The molecule has 0 spiro atoms. The second-order valence-electron chi connectivity index (χ2n) is 5.20. The first-order valence-corrected chi connectivity index (χ1v) is 8.38. The maximum atomic E-state index is 6.21. The van der Waals surface area contributed by atoms with Crippen LogP contribution in [0.3, 0.4) is 0 Å². The molecule has 1 aliphatic carbocycles. The molecule has 0 amide bonds. The van der Waals surface area contributed by atoms with Crippen molar-refractivity contribution in [2.75, 3.05) is 5.88 Å². The topological polar surface area (TPSA) is 12.0 Å². The summed E-state index contributed by atoms with van der Waals surface area (Å²) in [6, 6.07) is 2.19. The summed E-state index contributed by atoms with van der Waals surface area (Å²) in [7, 11) is 0. The second-order valence-corrected chi connectivity index (χ2v) is 7.38. The van der Waals surface area contributed by atoms with E-state index >= 15 is 0 Å². The quantitative estimate of drug-likeness (QED) is 0.780. The molecule has 2 atom stereocenters. The van der Waals surface area contributed by atoms with E-state index in [4.69, 9.17) is 11.6 Å². The Bertz CT molecular complexity index is 368. The van der Waals surface area contributed by atoms with Crippen LogP contribution < -0.4 is 5.32 Å². The molecule has 4 heteroatoms. The summed E-state index contributed by atoms with van der Waals surface area (Å²) < 4.78 is 1.18. The third kappa shape index (κ3) is 3.69. The molecule has 1 nitrogen and oxygen atoms in total. The third-order valence-corrected chi connectivity index (χ3v) is 5.82. The number of halogens is 2. The zero-order valence-corrected chi connectivity index (χ0v) is 13.3. The van der Waals surface area contributed by atoms with Crippen molar-refractivity contribution < 1.29 is 0 Å². The number of thiophene rings is 1. The van der Waals surface area contributed by atoms with Crippen LogP contribution in [0.2, 0.25) is 0 Å². The van der Waals surface area contributed by atoms with Gasteiger partial charge in [-0.1, -0.05) is 19.8 Å². The Morgan fingerprint density at radius 3 is 3.06 bits per heavy atom. The lowest BCUT2D eigenvalue weighted by molar-refractivity contribution is 0.208. The molecule has 1 aromatic heterocycles. The van der Waals surface area contributed by atoms with Crippen LogP contribution in [0, 0.1) is 5.92 Å². The summed E-state index contributed by atoms with van der Waals surface area (Å²) in [6.45, 7) is 3.28. The van der Waals surface area contributed by atoms with Gasteiger partial charge in [-0.25, -0.2) is 0 Å². The summed E-state index contributed by atoms with van der Waals surface area (Å²) in [4.78, 5) is 1.37. The van der Waals surface area contributed by atoms with Gasteiger partial charge in [-0.05, 0) is 40.8 Å². The Morgan fingerprint density at radius 2 is 2.47 bits per heavy atom. The van der Waals surface area contributed by atoms with Gasteiger partial charge < -0.3 is 5.32 Å². The van der Waals surface area contributed by atoms with E-state index in [0.717, 1.165) is 18.3 Å². The molecule has 2 rings (SSSR count).